The van der Waals surface area contributed by atoms with Gasteiger partial charge in [0.15, 0.2) is 0 Å². The van der Waals surface area contributed by atoms with Crippen LogP contribution >= 0.6 is 0 Å². The average Bonchev–Trinajstić information content (AvgIpc) is 2.10. The minimum atomic E-state index is 0.439. The molecule has 0 rings (SSSR count). The van der Waals surface area contributed by atoms with Gasteiger partial charge in [0.1, 0.15) is 0 Å². The van der Waals surface area contributed by atoms with Crippen LogP contribution in [0.4, 0.5) is 0 Å². The zero-order valence-corrected chi connectivity index (χ0v) is 8.97. The van der Waals surface area contributed by atoms with Gasteiger partial charge in [-0.3, -0.25) is 0 Å². The van der Waals surface area contributed by atoms with Crippen molar-refractivity contribution in [1.29, 1.82) is 0 Å². The highest BCUT2D eigenvalue weighted by molar-refractivity contribution is 4.61. The number of hydrogen-bond donors (Lipinski definition) is 1. The van der Waals surface area contributed by atoms with Crippen molar-refractivity contribution in [2.45, 2.75) is 65.3 Å². The fourth-order valence-electron chi connectivity index (χ4n) is 1.40. The summed E-state index contributed by atoms with van der Waals surface area (Å²) in [6.07, 6.45) is 7.73. The van der Waals surface area contributed by atoms with E-state index in [1.54, 1.807) is 0 Å². The highest BCUT2D eigenvalue weighted by atomic mass is 14.6. The molecular formula is C11H25N. The van der Waals surface area contributed by atoms with Gasteiger partial charge in [-0.05, 0) is 25.2 Å². The van der Waals surface area contributed by atoms with Crippen molar-refractivity contribution < 1.29 is 0 Å². The van der Waals surface area contributed by atoms with Crippen molar-refractivity contribution in [3.05, 3.63) is 0 Å². The summed E-state index contributed by atoms with van der Waals surface area (Å²) in [6, 6.07) is 0.439. The molecule has 1 heteroatoms. The van der Waals surface area contributed by atoms with Crippen molar-refractivity contribution >= 4 is 0 Å². The van der Waals surface area contributed by atoms with Crippen LogP contribution in [0, 0.1) is 5.92 Å². The summed E-state index contributed by atoms with van der Waals surface area (Å²) in [4.78, 5) is 0. The molecule has 2 unspecified atom stereocenters. The fourth-order valence-corrected chi connectivity index (χ4v) is 1.40. The van der Waals surface area contributed by atoms with E-state index in [1.165, 1.54) is 32.1 Å². The normalized spacial score (nSPS) is 16.0. The SMILES string of the molecule is CCCCC(C)CCC(N)CC. The van der Waals surface area contributed by atoms with E-state index in [-0.39, 0.29) is 0 Å². The van der Waals surface area contributed by atoms with Crippen molar-refractivity contribution in [3.8, 4) is 0 Å². The molecule has 12 heavy (non-hydrogen) atoms. The van der Waals surface area contributed by atoms with Crippen molar-refractivity contribution in [1.82, 2.24) is 0 Å². The molecule has 0 spiro atoms. The molecule has 0 heterocycles. The Labute approximate surface area is 77.7 Å². The molecule has 2 atom stereocenters. The Bertz CT molecular complexity index is 91.0. The van der Waals surface area contributed by atoms with Gasteiger partial charge in [-0.1, -0.05) is 40.0 Å². The van der Waals surface area contributed by atoms with E-state index in [9.17, 15) is 0 Å². The van der Waals surface area contributed by atoms with Gasteiger partial charge in [0.2, 0.25) is 0 Å². The number of unbranched alkanes of at least 4 members (excludes halogenated alkanes) is 1. The summed E-state index contributed by atoms with van der Waals surface area (Å²) in [5.41, 5.74) is 5.85. The Balaban J connectivity index is 3.24. The molecule has 1 nitrogen and oxygen atoms in total. The first-order valence-electron chi connectivity index (χ1n) is 5.46. The van der Waals surface area contributed by atoms with Gasteiger partial charge in [0, 0.05) is 6.04 Å². The van der Waals surface area contributed by atoms with Gasteiger partial charge in [0.05, 0.1) is 0 Å². The van der Waals surface area contributed by atoms with Crippen molar-refractivity contribution in [3.63, 3.8) is 0 Å². The molecule has 0 saturated heterocycles. The lowest BCUT2D eigenvalue weighted by atomic mass is 9.96. The average molecular weight is 171 g/mol. The Kier molecular flexibility index (Phi) is 7.58. The van der Waals surface area contributed by atoms with Crippen LogP contribution in [-0.4, -0.2) is 6.04 Å². The second-order valence-electron chi connectivity index (χ2n) is 3.99. The molecule has 0 aliphatic rings. The molecule has 0 aliphatic heterocycles. The first-order chi connectivity index (χ1) is 5.70. The number of rotatable bonds is 7. The highest BCUT2D eigenvalue weighted by Gasteiger charge is 2.04. The van der Waals surface area contributed by atoms with E-state index in [0.29, 0.717) is 6.04 Å². The topological polar surface area (TPSA) is 26.0 Å². The molecule has 0 aliphatic carbocycles. The van der Waals surface area contributed by atoms with Gasteiger partial charge in [-0.15, -0.1) is 0 Å². The zero-order chi connectivity index (χ0) is 9.40. The maximum Gasteiger partial charge on any atom is 0.00363 e. The second-order valence-corrected chi connectivity index (χ2v) is 3.99. The minimum absolute atomic E-state index is 0.439. The van der Waals surface area contributed by atoms with Gasteiger partial charge in [0.25, 0.3) is 0 Å². The summed E-state index contributed by atoms with van der Waals surface area (Å²) in [6.45, 7) is 6.77. The molecule has 0 aromatic heterocycles. The van der Waals surface area contributed by atoms with Crippen LogP contribution in [0.15, 0.2) is 0 Å². The molecule has 0 bridgehead atoms. The lowest BCUT2D eigenvalue weighted by Gasteiger charge is -2.13. The summed E-state index contributed by atoms with van der Waals surface area (Å²) < 4.78 is 0. The summed E-state index contributed by atoms with van der Waals surface area (Å²) in [5, 5.41) is 0. The van der Waals surface area contributed by atoms with E-state index < -0.39 is 0 Å². The third-order valence-electron chi connectivity index (χ3n) is 2.61. The van der Waals surface area contributed by atoms with Gasteiger partial charge < -0.3 is 5.73 Å². The first-order valence-corrected chi connectivity index (χ1v) is 5.46. The van der Waals surface area contributed by atoms with Gasteiger partial charge >= 0.3 is 0 Å². The summed E-state index contributed by atoms with van der Waals surface area (Å²) in [5.74, 6) is 0.877. The molecule has 74 valence electrons. The molecule has 0 radical (unpaired) electrons. The molecule has 0 fully saturated rings. The standard InChI is InChI=1S/C11H25N/c1-4-6-7-10(3)8-9-11(12)5-2/h10-11H,4-9,12H2,1-3H3. The molecule has 2 N–H and O–H groups in total. The van der Waals surface area contributed by atoms with Crippen LogP contribution < -0.4 is 5.73 Å². The molecule has 0 aromatic carbocycles. The lowest BCUT2D eigenvalue weighted by Crippen LogP contribution is -2.19. The fraction of sp³-hybridized carbons (Fsp3) is 1.00. The zero-order valence-electron chi connectivity index (χ0n) is 8.97. The Morgan fingerprint density at radius 2 is 1.75 bits per heavy atom. The molecular weight excluding hydrogens is 146 g/mol. The molecule has 0 amide bonds. The van der Waals surface area contributed by atoms with Crippen LogP contribution in [0.1, 0.15) is 59.3 Å². The highest BCUT2D eigenvalue weighted by Crippen LogP contribution is 2.15. The van der Waals surface area contributed by atoms with Crippen LogP contribution in [-0.2, 0) is 0 Å². The maximum absolute atomic E-state index is 5.85. The summed E-state index contributed by atoms with van der Waals surface area (Å²) >= 11 is 0. The van der Waals surface area contributed by atoms with Crippen molar-refractivity contribution in [2.24, 2.45) is 11.7 Å². The Morgan fingerprint density at radius 3 is 2.25 bits per heavy atom. The van der Waals surface area contributed by atoms with Gasteiger partial charge in [-0.2, -0.15) is 0 Å². The predicted molar refractivity (Wildman–Crippen MR) is 56.2 cm³/mol. The Morgan fingerprint density at radius 1 is 1.08 bits per heavy atom. The van der Waals surface area contributed by atoms with Crippen LogP contribution in [0.25, 0.3) is 0 Å². The third-order valence-corrected chi connectivity index (χ3v) is 2.61. The van der Waals surface area contributed by atoms with E-state index in [1.807, 2.05) is 0 Å². The second kappa shape index (κ2) is 7.60. The first kappa shape index (κ1) is 12.0. The molecule has 0 saturated carbocycles. The van der Waals surface area contributed by atoms with Crippen molar-refractivity contribution in [2.75, 3.05) is 0 Å². The van der Waals surface area contributed by atoms with Crippen LogP contribution in [0.2, 0.25) is 0 Å². The minimum Gasteiger partial charge on any atom is -0.328 e. The quantitative estimate of drug-likeness (QED) is 0.624. The van der Waals surface area contributed by atoms with E-state index in [4.69, 9.17) is 5.73 Å². The van der Waals surface area contributed by atoms with Crippen LogP contribution in [0.3, 0.4) is 0 Å². The smallest absolute Gasteiger partial charge is 0.00363 e. The lowest BCUT2D eigenvalue weighted by molar-refractivity contribution is 0.427. The van der Waals surface area contributed by atoms with E-state index in [0.717, 1.165) is 12.3 Å². The van der Waals surface area contributed by atoms with Crippen LogP contribution in [0.5, 0.6) is 0 Å². The summed E-state index contributed by atoms with van der Waals surface area (Å²) in [7, 11) is 0. The van der Waals surface area contributed by atoms with E-state index >= 15 is 0 Å². The maximum atomic E-state index is 5.85. The monoisotopic (exact) mass is 171 g/mol. The van der Waals surface area contributed by atoms with E-state index in [2.05, 4.69) is 20.8 Å². The largest absolute Gasteiger partial charge is 0.328 e. The van der Waals surface area contributed by atoms with Gasteiger partial charge in [-0.25, -0.2) is 0 Å². The third kappa shape index (κ3) is 6.66. The number of hydrogen-bond acceptors (Lipinski definition) is 1. The predicted octanol–water partition coefficient (Wildman–Crippen LogP) is 3.33. The Hall–Kier alpha value is -0.0400. The number of nitrogens with two attached hydrogens (primary N) is 1. The molecule has 0 aromatic rings.